The molecule has 0 spiro atoms. The highest BCUT2D eigenvalue weighted by atomic mass is 35.5. The Balaban J connectivity index is 0.00000176. The summed E-state index contributed by atoms with van der Waals surface area (Å²) in [4.78, 5) is -0.00693. The summed E-state index contributed by atoms with van der Waals surface area (Å²) in [5, 5.41) is 0.110. The zero-order valence-electron chi connectivity index (χ0n) is 11.7. The van der Waals surface area contributed by atoms with Gasteiger partial charge in [0.05, 0.1) is 5.02 Å². The van der Waals surface area contributed by atoms with Crippen molar-refractivity contribution in [2.75, 3.05) is 19.8 Å². The summed E-state index contributed by atoms with van der Waals surface area (Å²) in [6.07, 6.45) is 2.00. The predicted molar refractivity (Wildman–Crippen MR) is 85.6 cm³/mol. The molecule has 0 amide bonds. The smallest absolute Gasteiger partial charge is 0.242 e. The van der Waals surface area contributed by atoms with Gasteiger partial charge in [-0.15, -0.1) is 12.4 Å². The monoisotopic (exact) mass is 368 g/mol. The Morgan fingerprint density at radius 2 is 1.86 bits per heavy atom. The van der Waals surface area contributed by atoms with Gasteiger partial charge in [-0.25, -0.2) is 13.1 Å². The molecule has 0 bridgehead atoms. The molecular weight excluding hydrogens is 351 g/mol. The number of nitrogens with two attached hydrogens (primary N) is 1. The molecule has 2 aliphatic rings. The molecule has 1 aliphatic heterocycles. The lowest BCUT2D eigenvalue weighted by molar-refractivity contribution is 0.171. The molecule has 1 heterocycles. The summed E-state index contributed by atoms with van der Waals surface area (Å²) in [7, 11) is -3.74. The molecular formula is C13H18Cl2N2O4S. The van der Waals surface area contributed by atoms with Gasteiger partial charge >= 0.3 is 0 Å². The van der Waals surface area contributed by atoms with Crippen LogP contribution in [0.1, 0.15) is 12.8 Å². The van der Waals surface area contributed by atoms with Crippen LogP contribution in [0.5, 0.6) is 11.5 Å². The second kappa shape index (κ2) is 6.80. The highest BCUT2D eigenvalue weighted by Crippen LogP contribution is 2.38. The predicted octanol–water partition coefficient (Wildman–Crippen LogP) is 1.55. The van der Waals surface area contributed by atoms with Gasteiger partial charge in [0.15, 0.2) is 11.5 Å². The van der Waals surface area contributed by atoms with Crippen LogP contribution in [0.2, 0.25) is 5.02 Å². The maximum atomic E-state index is 12.5. The van der Waals surface area contributed by atoms with Gasteiger partial charge in [0.25, 0.3) is 0 Å². The normalized spacial score (nSPS) is 18.5. The van der Waals surface area contributed by atoms with Crippen molar-refractivity contribution < 1.29 is 17.9 Å². The van der Waals surface area contributed by atoms with Crippen LogP contribution in [0.3, 0.4) is 0 Å². The number of fused-ring (bicyclic) bond motifs is 1. The summed E-state index contributed by atoms with van der Waals surface area (Å²) in [5.74, 6) is 1.17. The number of hydrogen-bond donors (Lipinski definition) is 2. The molecule has 1 aliphatic carbocycles. The fraction of sp³-hybridized carbons (Fsp3) is 0.538. The van der Waals surface area contributed by atoms with Crippen LogP contribution in [0.4, 0.5) is 0 Å². The second-order valence-electron chi connectivity index (χ2n) is 5.23. The number of nitrogens with one attached hydrogen (secondary N) is 1. The molecule has 1 aromatic carbocycles. The van der Waals surface area contributed by atoms with E-state index < -0.39 is 10.0 Å². The highest BCUT2D eigenvalue weighted by Gasteiger charge is 2.34. The van der Waals surface area contributed by atoms with E-state index in [0.29, 0.717) is 30.6 Å². The first kappa shape index (κ1) is 17.6. The van der Waals surface area contributed by atoms with E-state index >= 15 is 0 Å². The summed E-state index contributed by atoms with van der Waals surface area (Å²) < 4.78 is 38.4. The summed E-state index contributed by atoms with van der Waals surface area (Å²) in [6.45, 7) is 1.08. The Kier molecular flexibility index (Phi) is 5.45. The number of sulfonamides is 1. The lowest BCUT2D eigenvalue weighted by Crippen LogP contribution is -2.41. The second-order valence-corrected chi connectivity index (χ2v) is 7.32. The Labute approximate surface area is 140 Å². The van der Waals surface area contributed by atoms with Crippen molar-refractivity contribution in [1.82, 2.24) is 4.72 Å². The van der Waals surface area contributed by atoms with E-state index in [1.807, 2.05) is 0 Å². The van der Waals surface area contributed by atoms with Gasteiger partial charge in [-0.3, -0.25) is 0 Å². The Hall–Kier alpha value is -0.730. The minimum atomic E-state index is -3.74. The van der Waals surface area contributed by atoms with E-state index in [1.165, 1.54) is 12.1 Å². The van der Waals surface area contributed by atoms with Crippen molar-refractivity contribution in [3.63, 3.8) is 0 Å². The molecule has 124 valence electrons. The molecule has 22 heavy (non-hydrogen) atoms. The SMILES string of the molecule is Cl.NCC(NS(=O)(=O)c1cc2c(cc1Cl)OCCO2)C1CC1. The maximum absolute atomic E-state index is 12.5. The molecule has 9 heteroatoms. The largest absolute Gasteiger partial charge is 0.486 e. The van der Waals surface area contributed by atoms with Crippen LogP contribution >= 0.6 is 24.0 Å². The first-order valence-electron chi connectivity index (χ1n) is 6.83. The zero-order valence-corrected chi connectivity index (χ0v) is 14.1. The summed E-state index contributed by atoms with van der Waals surface area (Å²) >= 11 is 6.08. The van der Waals surface area contributed by atoms with Gasteiger partial charge in [0.1, 0.15) is 18.1 Å². The van der Waals surface area contributed by atoms with Crippen LogP contribution < -0.4 is 19.9 Å². The van der Waals surface area contributed by atoms with Crippen LogP contribution in [-0.2, 0) is 10.0 Å². The number of hydrogen-bond acceptors (Lipinski definition) is 5. The van der Waals surface area contributed by atoms with E-state index in [9.17, 15) is 8.42 Å². The third kappa shape index (κ3) is 3.60. The van der Waals surface area contributed by atoms with Gasteiger partial charge in [0.2, 0.25) is 10.0 Å². The molecule has 1 saturated carbocycles. The van der Waals surface area contributed by atoms with Crippen molar-refractivity contribution in [3.8, 4) is 11.5 Å². The van der Waals surface area contributed by atoms with Gasteiger partial charge in [-0.2, -0.15) is 0 Å². The van der Waals surface area contributed by atoms with E-state index in [-0.39, 0.29) is 34.9 Å². The molecule has 3 N–H and O–H groups in total. The van der Waals surface area contributed by atoms with Crippen molar-refractivity contribution in [3.05, 3.63) is 17.2 Å². The van der Waals surface area contributed by atoms with Gasteiger partial charge in [0, 0.05) is 24.7 Å². The minimum Gasteiger partial charge on any atom is -0.486 e. The molecule has 6 nitrogen and oxygen atoms in total. The standard InChI is InChI=1S/C13H17ClN2O4S.ClH/c14-9-5-11-12(20-4-3-19-11)6-13(9)21(17,18)16-10(7-15)8-1-2-8;/h5-6,8,10,16H,1-4,7,15H2;1H. The zero-order chi connectivity index (χ0) is 15.0. The van der Waals surface area contributed by atoms with Crippen molar-refractivity contribution in [1.29, 1.82) is 0 Å². The van der Waals surface area contributed by atoms with Crippen LogP contribution in [0.15, 0.2) is 17.0 Å². The van der Waals surface area contributed by atoms with E-state index in [2.05, 4.69) is 4.72 Å². The molecule has 0 saturated heterocycles. The van der Waals surface area contributed by atoms with Crippen LogP contribution in [-0.4, -0.2) is 34.2 Å². The fourth-order valence-corrected chi connectivity index (χ4v) is 4.20. The average molecular weight is 369 g/mol. The molecule has 1 atom stereocenters. The molecule has 1 unspecified atom stereocenters. The lowest BCUT2D eigenvalue weighted by Gasteiger charge is -2.21. The first-order valence-corrected chi connectivity index (χ1v) is 8.69. The fourth-order valence-electron chi connectivity index (χ4n) is 2.35. The van der Waals surface area contributed by atoms with Gasteiger partial charge in [-0.1, -0.05) is 11.6 Å². The third-order valence-electron chi connectivity index (χ3n) is 3.64. The van der Waals surface area contributed by atoms with Crippen LogP contribution in [0, 0.1) is 5.92 Å². The van der Waals surface area contributed by atoms with Crippen LogP contribution in [0.25, 0.3) is 0 Å². The molecule has 0 radical (unpaired) electrons. The lowest BCUT2D eigenvalue weighted by atomic mass is 10.2. The number of rotatable bonds is 5. The Morgan fingerprint density at radius 3 is 2.41 bits per heavy atom. The topological polar surface area (TPSA) is 90.7 Å². The van der Waals surface area contributed by atoms with Crippen molar-refractivity contribution >= 4 is 34.0 Å². The highest BCUT2D eigenvalue weighted by molar-refractivity contribution is 7.89. The number of benzene rings is 1. The molecule has 0 aromatic heterocycles. The van der Waals surface area contributed by atoms with E-state index in [0.717, 1.165) is 12.8 Å². The van der Waals surface area contributed by atoms with Gasteiger partial charge in [-0.05, 0) is 18.8 Å². The Bertz CT molecular complexity index is 650. The van der Waals surface area contributed by atoms with E-state index in [1.54, 1.807) is 0 Å². The molecule has 1 aromatic rings. The quantitative estimate of drug-likeness (QED) is 0.822. The average Bonchev–Trinajstić information content (AvgIpc) is 3.28. The number of halogens is 2. The number of ether oxygens (including phenoxy) is 2. The molecule has 3 rings (SSSR count). The van der Waals surface area contributed by atoms with E-state index in [4.69, 9.17) is 26.8 Å². The Morgan fingerprint density at radius 1 is 1.27 bits per heavy atom. The minimum absolute atomic E-state index is 0. The summed E-state index contributed by atoms with van der Waals surface area (Å²) in [6, 6.07) is 2.62. The first-order chi connectivity index (χ1) is 10.0. The maximum Gasteiger partial charge on any atom is 0.242 e. The van der Waals surface area contributed by atoms with Gasteiger partial charge < -0.3 is 15.2 Å². The van der Waals surface area contributed by atoms with Crippen molar-refractivity contribution in [2.24, 2.45) is 11.7 Å². The molecule has 1 fully saturated rings. The summed E-state index contributed by atoms with van der Waals surface area (Å²) in [5.41, 5.74) is 5.64. The van der Waals surface area contributed by atoms with Crippen molar-refractivity contribution in [2.45, 2.75) is 23.8 Å². The third-order valence-corrected chi connectivity index (χ3v) is 5.59.